The van der Waals surface area contributed by atoms with E-state index in [9.17, 15) is 4.79 Å². The molecule has 0 atom stereocenters. The van der Waals surface area contributed by atoms with Gasteiger partial charge < -0.3 is 10.1 Å². The number of carbonyl (C=O) groups is 1. The number of thiophene rings is 1. The third-order valence-electron chi connectivity index (χ3n) is 4.08. The summed E-state index contributed by atoms with van der Waals surface area (Å²) in [6.07, 6.45) is 1.87. The molecule has 8 heteroatoms. The van der Waals surface area contributed by atoms with Crippen molar-refractivity contribution in [3.05, 3.63) is 50.3 Å². The van der Waals surface area contributed by atoms with Crippen LogP contribution in [0.25, 0.3) is 11.3 Å². The van der Waals surface area contributed by atoms with Gasteiger partial charge in [0.25, 0.3) is 5.91 Å². The molecule has 3 heterocycles. The Bertz CT molecular complexity index is 1090. The van der Waals surface area contributed by atoms with Gasteiger partial charge in [0.2, 0.25) is 4.80 Å². The third-order valence-corrected chi connectivity index (χ3v) is 5.89. The molecule has 1 aromatic carbocycles. The van der Waals surface area contributed by atoms with Crippen molar-refractivity contribution in [3.8, 4) is 17.0 Å². The number of benzene rings is 1. The molecule has 0 radical (unpaired) electrons. The predicted molar refractivity (Wildman–Crippen MR) is 110 cm³/mol. The van der Waals surface area contributed by atoms with Crippen molar-refractivity contribution in [2.45, 2.75) is 13.8 Å². The van der Waals surface area contributed by atoms with Crippen LogP contribution in [0.5, 0.6) is 5.75 Å². The molecule has 6 nitrogen and oxygen atoms in total. The SMILES string of the molecule is CCN=c1scc(-c2ccc3c(c2)NC(=O)CO3)n1N=Cc1sccc1C. The number of ether oxygens (including phenoxy) is 1. The van der Waals surface area contributed by atoms with E-state index in [0.717, 1.165) is 20.9 Å². The molecule has 27 heavy (non-hydrogen) atoms. The lowest BCUT2D eigenvalue weighted by Crippen LogP contribution is -2.25. The summed E-state index contributed by atoms with van der Waals surface area (Å²) < 4.78 is 7.30. The van der Waals surface area contributed by atoms with Crippen molar-refractivity contribution in [2.24, 2.45) is 10.1 Å². The Morgan fingerprint density at radius 1 is 1.33 bits per heavy atom. The minimum absolute atomic E-state index is 0.0504. The van der Waals surface area contributed by atoms with E-state index in [4.69, 9.17) is 9.84 Å². The van der Waals surface area contributed by atoms with Gasteiger partial charge in [0, 0.05) is 17.5 Å². The second kappa shape index (κ2) is 7.50. The summed E-state index contributed by atoms with van der Waals surface area (Å²) >= 11 is 3.20. The van der Waals surface area contributed by atoms with Gasteiger partial charge in [-0.25, -0.2) is 4.68 Å². The maximum Gasteiger partial charge on any atom is 0.262 e. The van der Waals surface area contributed by atoms with Crippen molar-refractivity contribution in [1.82, 2.24) is 4.68 Å². The van der Waals surface area contributed by atoms with E-state index < -0.39 is 0 Å². The van der Waals surface area contributed by atoms with Crippen LogP contribution in [-0.2, 0) is 4.79 Å². The second-order valence-electron chi connectivity index (χ2n) is 5.95. The van der Waals surface area contributed by atoms with Crippen LogP contribution < -0.4 is 14.9 Å². The highest BCUT2D eigenvalue weighted by atomic mass is 32.1. The number of fused-ring (bicyclic) bond motifs is 1. The van der Waals surface area contributed by atoms with Crippen LogP contribution in [0.2, 0.25) is 0 Å². The first kappa shape index (κ1) is 17.7. The number of anilines is 1. The summed E-state index contributed by atoms with van der Waals surface area (Å²) in [5, 5.41) is 11.6. The van der Waals surface area contributed by atoms with Gasteiger partial charge in [-0.3, -0.25) is 9.79 Å². The van der Waals surface area contributed by atoms with Gasteiger partial charge in [-0.05, 0) is 49.1 Å². The van der Waals surface area contributed by atoms with Crippen molar-refractivity contribution in [3.63, 3.8) is 0 Å². The molecular weight excluding hydrogens is 380 g/mol. The molecule has 2 aromatic heterocycles. The number of carbonyl (C=O) groups excluding carboxylic acids is 1. The van der Waals surface area contributed by atoms with Crippen molar-refractivity contribution in [1.29, 1.82) is 0 Å². The fraction of sp³-hybridized carbons (Fsp3) is 0.211. The second-order valence-corrected chi connectivity index (χ2v) is 7.73. The van der Waals surface area contributed by atoms with E-state index in [1.807, 2.05) is 41.4 Å². The zero-order valence-corrected chi connectivity index (χ0v) is 16.6. The number of nitrogens with one attached hydrogen (secondary N) is 1. The minimum atomic E-state index is -0.147. The summed E-state index contributed by atoms with van der Waals surface area (Å²) in [7, 11) is 0. The van der Waals surface area contributed by atoms with Gasteiger partial charge in [0.1, 0.15) is 5.75 Å². The molecule has 1 amide bonds. The Labute approximate surface area is 164 Å². The maximum absolute atomic E-state index is 11.6. The largest absolute Gasteiger partial charge is 0.482 e. The summed E-state index contributed by atoms with van der Waals surface area (Å²) in [5.41, 5.74) is 3.73. The molecule has 0 saturated heterocycles. The lowest BCUT2D eigenvalue weighted by molar-refractivity contribution is -0.118. The molecule has 0 fully saturated rings. The van der Waals surface area contributed by atoms with Gasteiger partial charge in [-0.2, -0.15) is 5.10 Å². The lowest BCUT2D eigenvalue weighted by Gasteiger charge is -2.18. The number of rotatable bonds is 4. The molecule has 1 aliphatic heterocycles. The van der Waals surface area contributed by atoms with Gasteiger partial charge in [0.15, 0.2) is 6.61 Å². The smallest absolute Gasteiger partial charge is 0.262 e. The van der Waals surface area contributed by atoms with Crippen LogP contribution >= 0.6 is 22.7 Å². The highest BCUT2D eigenvalue weighted by Gasteiger charge is 2.17. The van der Waals surface area contributed by atoms with Crippen molar-refractivity contribution >= 4 is 40.5 Å². The maximum atomic E-state index is 11.6. The lowest BCUT2D eigenvalue weighted by atomic mass is 10.1. The molecule has 0 saturated carbocycles. The van der Waals surface area contributed by atoms with Crippen molar-refractivity contribution < 1.29 is 9.53 Å². The Morgan fingerprint density at radius 2 is 2.22 bits per heavy atom. The number of amides is 1. The molecule has 138 valence electrons. The molecule has 3 aromatic rings. The first-order valence-electron chi connectivity index (χ1n) is 8.52. The quantitative estimate of drug-likeness (QED) is 0.681. The summed E-state index contributed by atoms with van der Waals surface area (Å²) in [5.74, 6) is 0.530. The van der Waals surface area contributed by atoms with Crippen LogP contribution in [-0.4, -0.2) is 29.9 Å². The Balaban J connectivity index is 1.79. The first-order chi connectivity index (χ1) is 13.2. The molecule has 1 N–H and O–H groups in total. The van der Waals surface area contributed by atoms with Crippen molar-refractivity contribution in [2.75, 3.05) is 18.5 Å². The minimum Gasteiger partial charge on any atom is -0.482 e. The Hall–Kier alpha value is -2.71. The summed E-state index contributed by atoms with van der Waals surface area (Å²) in [4.78, 5) is 18.1. The number of aromatic nitrogens is 1. The Morgan fingerprint density at radius 3 is 3.00 bits per heavy atom. The summed E-state index contributed by atoms with van der Waals surface area (Å²) in [6, 6.07) is 7.83. The summed E-state index contributed by atoms with van der Waals surface area (Å²) in [6.45, 7) is 4.81. The highest BCUT2D eigenvalue weighted by Crippen LogP contribution is 2.32. The molecule has 0 unspecified atom stereocenters. The Kier molecular flexibility index (Phi) is 4.91. The van der Waals surface area contributed by atoms with Crippen LogP contribution in [0.1, 0.15) is 17.4 Å². The standard InChI is InChI=1S/C19H18N4O2S2/c1-3-20-19-23(21-9-17-12(2)6-7-26-17)15(11-27-19)13-4-5-16-14(8-13)22-18(24)10-25-16/h4-9,11H,3,10H2,1-2H3,(H,22,24). The monoisotopic (exact) mass is 398 g/mol. The van der Waals surface area contributed by atoms with E-state index in [1.165, 1.54) is 5.56 Å². The highest BCUT2D eigenvalue weighted by molar-refractivity contribution is 7.11. The molecular formula is C19H18N4O2S2. The topological polar surface area (TPSA) is 68.0 Å². The normalized spacial score (nSPS) is 14.3. The van der Waals surface area contributed by atoms with Gasteiger partial charge in [-0.1, -0.05) is 0 Å². The average molecular weight is 399 g/mol. The fourth-order valence-electron chi connectivity index (χ4n) is 2.72. The molecule has 1 aliphatic rings. The number of nitrogens with zero attached hydrogens (tertiary/aromatic N) is 3. The zero-order chi connectivity index (χ0) is 18.8. The van der Waals surface area contributed by atoms with E-state index >= 15 is 0 Å². The molecule has 4 rings (SSSR count). The fourth-order valence-corrected chi connectivity index (χ4v) is 4.40. The van der Waals surface area contributed by atoms with Gasteiger partial charge in [-0.15, -0.1) is 22.7 Å². The van der Waals surface area contributed by atoms with Crippen LogP contribution in [0.15, 0.2) is 45.1 Å². The average Bonchev–Trinajstić information content (AvgIpc) is 3.25. The van der Waals surface area contributed by atoms with Gasteiger partial charge in [0.05, 0.1) is 22.5 Å². The predicted octanol–water partition coefficient (Wildman–Crippen LogP) is 3.72. The van der Waals surface area contributed by atoms with Crippen LogP contribution in [0.3, 0.4) is 0 Å². The zero-order valence-electron chi connectivity index (χ0n) is 14.9. The first-order valence-corrected chi connectivity index (χ1v) is 10.3. The van der Waals surface area contributed by atoms with Crippen LogP contribution in [0.4, 0.5) is 5.69 Å². The number of hydrogen-bond acceptors (Lipinski definition) is 6. The molecule has 0 aliphatic carbocycles. The third kappa shape index (κ3) is 3.58. The molecule has 0 spiro atoms. The van der Waals surface area contributed by atoms with E-state index in [0.29, 0.717) is 18.0 Å². The van der Waals surface area contributed by atoms with E-state index in [-0.39, 0.29) is 12.5 Å². The number of hydrogen-bond donors (Lipinski definition) is 1. The molecule has 0 bridgehead atoms. The van der Waals surface area contributed by atoms with E-state index in [2.05, 4.69) is 28.7 Å². The van der Waals surface area contributed by atoms with Gasteiger partial charge >= 0.3 is 0 Å². The van der Waals surface area contributed by atoms with Crippen LogP contribution in [0, 0.1) is 6.92 Å². The van der Waals surface area contributed by atoms with E-state index in [1.54, 1.807) is 22.7 Å². The number of aryl methyl sites for hydroxylation is 1. The number of thiazole rings is 1.